The molecule has 0 aromatic rings. The van der Waals surface area contributed by atoms with E-state index in [0.717, 1.165) is 13.0 Å². The van der Waals surface area contributed by atoms with E-state index in [1.807, 2.05) is 6.92 Å². The molecule has 3 N–H and O–H groups in total. The third-order valence-electron chi connectivity index (χ3n) is 3.33. The molecule has 0 aliphatic carbocycles. The summed E-state index contributed by atoms with van der Waals surface area (Å²) < 4.78 is 5.56. The highest BCUT2D eigenvalue weighted by Gasteiger charge is 2.14. The number of rotatable bonds is 12. The van der Waals surface area contributed by atoms with Gasteiger partial charge in [-0.15, -0.1) is 0 Å². The number of ether oxygens (including phenoxy) is 1. The molecule has 0 saturated heterocycles. The second kappa shape index (κ2) is 12.3. The van der Waals surface area contributed by atoms with E-state index >= 15 is 0 Å². The first-order chi connectivity index (χ1) is 8.26. The molecular formula is C14H32N2O. The summed E-state index contributed by atoms with van der Waals surface area (Å²) >= 11 is 0. The molecule has 104 valence electrons. The van der Waals surface area contributed by atoms with E-state index in [1.54, 1.807) is 0 Å². The van der Waals surface area contributed by atoms with E-state index in [9.17, 15) is 0 Å². The zero-order valence-electron chi connectivity index (χ0n) is 12.0. The highest BCUT2D eigenvalue weighted by Crippen LogP contribution is 2.12. The van der Waals surface area contributed by atoms with Crippen molar-refractivity contribution in [2.24, 2.45) is 5.84 Å². The van der Waals surface area contributed by atoms with E-state index in [4.69, 9.17) is 10.6 Å². The van der Waals surface area contributed by atoms with Crippen LogP contribution in [0.1, 0.15) is 72.1 Å². The lowest BCUT2D eigenvalue weighted by Crippen LogP contribution is -2.43. The van der Waals surface area contributed by atoms with Crippen molar-refractivity contribution in [1.82, 2.24) is 5.43 Å². The molecule has 3 nitrogen and oxygen atoms in total. The zero-order chi connectivity index (χ0) is 12.9. The molecule has 0 aromatic carbocycles. The van der Waals surface area contributed by atoms with Crippen LogP contribution in [0.5, 0.6) is 0 Å². The SMILES string of the molecule is CCCCCCCCCC(NN)C(C)OCC. The molecule has 0 bridgehead atoms. The van der Waals surface area contributed by atoms with Crippen molar-refractivity contribution in [3.8, 4) is 0 Å². The Labute approximate surface area is 107 Å². The van der Waals surface area contributed by atoms with Gasteiger partial charge in [-0.05, 0) is 20.3 Å². The van der Waals surface area contributed by atoms with Gasteiger partial charge in [0.15, 0.2) is 0 Å². The minimum absolute atomic E-state index is 0.213. The fourth-order valence-electron chi connectivity index (χ4n) is 2.15. The monoisotopic (exact) mass is 244 g/mol. The average molecular weight is 244 g/mol. The first-order valence-corrected chi connectivity index (χ1v) is 7.33. The molecule has 0 rings (SSSR count). The minimum Gasteiger partial charge on any atom is -0.377 e. The molecule has 0 fully saturated rings. The normalized spacial score (nSPS) is 14.8. The fourth-order valence-corrected chi connectivity index (χ4v) is 2.15. The van der Waals surface area contributed by atoms with Crippen LogP contribution in [-0.2, 0) is 4.74 Å². The summed E-state index contributed by atoms with van der Waals surface area (Å²) in [5.41, 5.74) is 2.87. The summed E-state index contributed by atoms with van der Waals surface area (Å²) in [7, 11) is 0. The standard InChI is InChI=1S/C14H32N2O/c1-4-6-7-8-9-10-11-12-14(16-15)13(3)17-5-2/h13-14,16H,4-12,15H2,1-3H3. The Balaban J connectivity index is 3.43. The van der Waals surface area contributed by atoms with Crippen molar-refractivity contribution >= 4 is 0 Å². The van der Waals surface area contributed by atoms with Gasteiger partial charge in [0.05, 0.1) is 6.10 Å². The van der Waals surface area contributed by atoms with Crippen LogP contribution in [-0.4, -0.2) is 18.8 Å². The van der Waals surface area contributed by atoms with Crippen molar-refractivity contribution < 1.29 is 4.74 Å². The summed E-state index contributed by atoms with van der Waals surface area (Å²) in [5, 5.41) is 0. The third kappa shape index (κ3) is 9.57. The molecule has 0 heterocycles. The summed E-state index contributed by atoms with van der Waals surface area (Å²) in [6.07, 6.45) is 10.7. The Morgan fingerprint density at radius 2 is 1.59 bits per heavy atom. The van der Waals surface area contributed by atoms with E-state index in [2.05, 4.69) is 19.3 Å². The first-order valence-electron chi connectivity index (χ1n) is 7.33. The number of hydrazine groups is 1. The Hall–Kier alpha value is -0.120. The highest BCUT2D eigenvalue weighted by molar-refractivity contribution is 4.71. The largest absolute Gasteiger partial charge is 0.377 e. The van der Waals surface area contributed by atoms with Gasteiger partial charge < -0.3 is 4.74 Å². The van der Waals surface area contributed by atoms with Crippen molar-refractivity contribution in [1.29, 1.82) is 0 Å². The quantitative estimate of drug-likeness (QED) is 0.314. The molecule has 17 heavy (non-hydrogen) atoms. The maximum absolute atomic E-state index is 5.56. The van der Waals surface area contributed by atoms with Crippen LogP contribution in [0.15, 0.2) is 0 Å². The second-order valence-corrected chi connectivity index (χ2v) is 4.84. The van der Waals surface area contributed by atoms with Gasteiger partial charge in [-0.25, -0.2) is 0 Å². The van der Waals surface area contributed by atoms with Crippen LogP contribution >= 0.6 is 0 Å². The minimum atomic E-state index is 0.213. The molecule has 0 radical (unpaired) electrons. The number of hydrogen-bond acceptors (Lipinski definition) is 3. The summed E-state index contributed by atoms with van der Waals surface area (Å²) in [5.74, 6) is 5.55. The van der Waals surface area contributed by atoms with Crippen LogP contribution in [0.25, 0.3) is 0 Å². The van der Waals surface area contributed by atoms with Gasteiger partial charge in [0.2, 0.25) is 0 Å². The number of nitrogens with one attached hydrogen (secondary N) is 1. The molecule has 0 aromatic heterocycles. The van der Waals surface area contributed by atoms with Gasteiger partial charge >= 0.3 is 0 Å². The van der Waals surface area contributed by atoms with E-state index in [-0.39, 0.29) is 6.10 Å². The molecular weight excluding hydrogens is 212 g/mol. The second-order valence-electron chi connectivity index (χ2n) is 4.84. The van der Waals surface area contributed by atoms with Crippen LogP contribution in [0.3, 0.4) is 0 Å². The van der Waals surface area contributed by atoms with Crippen LogP contribution < -0.4 is 11.3 Å². The lowest BCUT2D eigenvalue weighted by Gasteiger charge is -2.22. The van der Waals surface area contributed by atoms with Gasteiger partial charge in [0.25, 0.3) is 0 Å². The lowest BCUT2D eigenvalue weighted by atomic mass is 10.0. The fraction of sp³-hybridized carbons (Fsp3) is 1.00. The predicted molar refractivity (Wildman–Crippen MR) is 74.8 cm³/mol. The molecule has 0 aliphatic heterocycles. The van der Waals surface area contributed by atoms with Crippen LogP contribution in [0.2, 0.25) is 0 Å². The van der Waals surface area contributed by atoms with Crippen molar-refractivity contribution in [2.45, 2.75) is 84.3 Å². The van der Waals surface area contributed by atoms with Crippen molar-refractivity contribution in [3.05, 3.63) is 0 Å². The first kappa shape index (κ1) is 16.9. The molecule has 0 aliphatic rings. The molecule has 0 spiro atoms. The summed E-state index contributed by atoms with van der Waals surface area (Å²) in [4.78, 5) is 0. The Morgan fingerprint density at radius 1 is 1.00 bits per heavy atom. The lowest BCUT2D eigenvalue weighted by molar-refractivity contribution is 0.0445. The average Bonchev–Trinajstić information content (AvgIpc) is 2.33. The van der Waals surface area contributed by atoms with Gasteiger partial charge in [0, 0.05) is 12.6 Å². The summed E-state index contributed by atoms with van der Waals surface area (Å²) in [6, 6.07) is 0.297. The molecule has 3 heteroatoms. The topological polar surface area (TPSA) is 47.3 Å². The van der Waals surface area contributed by atoms with E-state index in [0.29, 0.717) is 6.04 Å². The number of hydrogen-bond donors (Lipinski definition) is 2. The Bertz CT molecular complexity index is 153. The smallest absolute Gasteiger partial charge is 0.0713 e. The van der Waals surface area contributed by atoms with Gasteiger partial charge in [-0.2, -0.15) is 0 Å². The maximum Gasteiger partial charge on any atom is 0.0713 e. The van der Waals surface area contributed by atoms with E-state index in [1.165, 1.54) is 44.9 Å². The molecule has 2 atom stereocenters. The Kier molecular flexibility index (Phi) is 12.3. The molecule has 0 saturated carbocycles. The van der Waals surface area contributed by atoms with Gasteiger partial charge in [0.1, 0.15) is 0 Å². The van der Waals surface area contributed by atoms with Gasteiger partial charge in [-0.3, -0.25) is 11.3 Å². The number of nitrogens with two attached hydrogens (primary N) is 1. The van der Waals surface area contributed by atoms with E-state index < -0.39 is 0 Å². The van der Waals surface area contributed by atoms with Crippen molar-refractivity contribution in [2.75, 3.05) is 6.61 Å². The highest BCUT2D eigenvalue weighted by atomic mass is 16.5. The molecule has 2 unspecified atom stereocenters. The zero-order valence-corrected chi connectivity index (χ0v) is 12.0. The number of unbranched alkanes of at least 4 members (excludes halogenated alkanes) is 6. The Morgan fingerprint density at radius 3 is 2.12 bits per heavy atom. The van der Waals surface area contributed by atoms with Gasteiger partial charge in [-0.1, -0.05) is 51.9 Å². The predicted octanol–water partition coefficient (Wildman–Crippen LogP) is 3.38. The third-order valence-corrected chi connectivity index (χ3v) is 3.33. The van der Waals surface area contributed by atoms with Crippen molar-refractivity contribution in [3.63, 3.8) is 0 Å². The molecule has 0 amide bonds. The maximum atomic E-state index is 5.56. The van der Waals surface area contributed by atoms with Crippen LogP contribution in [0.4, 0.5) is 0 Å². The van der Waals surface area contributed by atoms with Crippen LogP contribution in [0, 0.1) is 0 Å². The summed E-state index contributed by atoms with van der Waals surface area (Å²) in [6.45, 7) is 7.14.